The van der Waals surface area contributed by atoms with Gasteiger partial charge in [0.2, 0.25) is 15.6 Å². The quantitative estimate of drug-likeness (QED) is 0.640. The van der Waals surface area contributed by atoms with Gasteiger partial charge in [-0.3, -0.25) is 9.59 Å². The normalized spacial score (nSPS) is 27.5. The number of alkyl halides is 3. The van der Waals surface area contributed by atoms with Crippen molar-refractivity contribution in [3.63, 3.8) is 0 Å². The molecule has 1 fully saturated rings. The third-order valence-corrected chi connectivity index (χ3v) is 8.09. The number of ketones is 1. The number of benzene rings is 1. The first-order valence-corrected chi connectivity index (χ1v) is 12.6. The summed E-state index contributed by atoms with van der Waals surface area (Å²) in [5.41, 5.74) is -5.38. The number of ether oxygens (including phenoxy) is 1. The zero-order valence-electron chi connectivity index (χ0n) is 18.5. The Hall–Kier alpha value is -1.95. The van der Waals surface area contributed by atoms with E-state index in [1.54, 1.807) is 18.6 Å². The Morgan fingerprint density at radius 3 is 2.38 bits per heavy atom. The van der Waals surface area contributed by atoms with Gasteiger partial charge in [-0.1, -0.05) is 25.4 Å². The number of allylic oxidation sites excluding steroid dienone is 1. The lowest BCUT2D eigenvalue weighted by atomic mass is 9.72. The maximum absolute atomic E-state index is 14.8. The minimum Gasteiger partial charge on any atom is -0.376 e. The number of nitrogens with one attached hydrogen (secondary N) is 1. The molecule has 2 heterocycles. The van der Waals surface area contributed by atoms with Crippen LogP contribution in [0.15, 0.2) is 40.4 Å². The molecule has 0 unspecified atom stereocenters. The first-order chi connectivity index (χ1) is 15.7. The van der Waals surface area contributed by atoms with Gasteiger partial charge in [0.05, 0.1) is 23.1 Å². The molecule has 1 aromatic carbocycles. The molecule has 1 aromatic rings. The van der Waals surface area contributed by atoms with Crippen LogP contribution in [0.25, 0.3) is 0 Å². The summed E-state index contributed by atoms with van der Waals surface area (Å²) in [5, 5.41) is 0.179. The van der Waals surface area contributed by atoms with Crippen molar-refractivity contribution in [1.82, 2.24) is 9.62 Å². The van der Waals surface area contributed by atoms with Crippen LogP contribution in [0.4, 0.5) is 13.2 Å². The summed E-state index contributed by atoms with van der Waals surface area (Å²) in [5.74, 6) is -2.45. The molecular weight excluding hydrogens is 497 g/mol. The predicted octanol–water partition coefficient (Wildman–Crippen LogP) is 3.58. The number of nitrogens with zero attached hydrogens (tertiary/aromatic N) is 1. The van der Waals surface area contributed by atoms with Crippen molar-refractivity contribution < 1.29 is 35.9 Å². The highest BCUT2D eigenvalue weighted by atomic mass is 35.5. The Balaban J connectivity index is 1.88. The van der Waals surface area contributed by atoms with Gasteiger partial charge in [0.15, 0.2) is 5.78 Å². The van der Waals surface area contributed by atoms with E-state index in [0.717, 1.165) is 17.0 Å². The molecule has 12 heteroatoms. The molecule has 34 heavy (non-hydrogen) atoms. The van der Waals surface area contributed by atoms with Gasteiger partial charge in [0, 0.05) is 23.7 Å². The predicted molar refractivity (Wildman–Crippen MR) is 116 cm³/mol. The molecule has 0 bridgehead atoms. The molecule has 0 saturated carbocycles. The third kappa shape index (κ3) is 4.16. The Morgan fingerprint density at radius 2 is 1.82 bits per heavy atom. The van der Waals surface area contributed by atoms with Gasteiger partial charge in [-0.2, -0.15) is 17.9 Å². The van der Waals surface area contributed by atoms with Crippen LogP contribution in [-0.2, 0) is 24.3 Å². The summed E-state index contributed by atoms with van der Waals surface area (Å²) in [7, 11) is -4.88. The number of carbonyl (C=O) groups is 2. The van der Waals surface area contributed by atoms with Gasteiger partial charge in [0.25, 0.3) is 5.91 Å². The van der Waals surface area contributed by atoms with Gasteiger partial charge < -0.3 is 9.64 Å². The molecule has 0 aromatic heterocycles. The Bertz CT molecular complexity index is 1160. The highest BCUT2D eigenvalue weighted by Gasteiger charge is 2.72. The SMILES string of the molecule is CC1(C)CC(=O)C2=C(C1)N(C[C@@H]1CCCO1)C(=O)[C@@]2(NS(=O)(=O)c1ccc(Cl)cc1)C(F)(F)F. The molecule has 0 radical (unpaired) electrons. The molecule has 1 aliphatic carbocycles. The lowest BCUT2D eigenvalue weighted by Gasteiger charge is -2.35. The van der Waals surface area contributed by atoms with Crippen LogP contribution in [0, 0.1) is 5.41 Å². The zero-order valence-corrected chi connectivity index (χ0v) is 20.1. The van der Waals surface area contributed by atoms with E-state index in [4.69, 9.17) is 16.3 Å². The smallest absolute Gasteiger partial charge is 0.376 e. The van der Waals surface area contributed by atoms with Crippen LogP contribution in [0.5, 0.6) is 0 Å². The lowest BCUT2D eigenvalue weighted by Crippen LogP contribution is -2.66. The summed E-state index contributed by atoms with van der Waals surface area (Å²) in [6.45, 7) is 3.65. The second-order valence-corrected chi connectivity index (χ2v) is 11.7. The van der Waals surface area contributed by atoms with Crippen LogP contribution in [0.2, 0.25) is 5.02 Å². The van der Waals surface area contributed by atoms with E-state index in [0.29, 0.717) is 19.4 Å². The van der Waals surface area contributed by atoms with Gasteiger partial charge in [-0.25, -0.2) is 8.42 Å². The molecule has 1 N–H and O–H groups in total. The summed E-state index contributed by atoms with van der Waals surface area (Å²) in [6.07, 6.45) is -4.95. The molecule has 3 aliphatic rings. The summed E-state index contributed by atoms with van der Waals surface area (Å²) in [6, 6.07) is 4.46. The van der Waals surface area contributed by atoms with Crippen LogP contribution < -0.4 is 4.72 Å². The Morgan fingerprint density at radius 1 is 1.18 bits per heavy atom. The minimum absolute atomic E-state index is 0.00698. The summed E-state index contributed by atoms with van der Waals surface area (Å²) < 4.78 is 77.6. The van der Waals surface area contributed by atoms with E-state index < -0.39 is 55.4 Å². The molecule has 1 saturated heterocycles. The van der Waals surface area contributed by atoms with Gasteiger partial charge in [-0.15, -0.1) is 0 Å². The Kier molecular flexibility index (Phi) is 6.16. The topological polar surface area (TPSA) is 92.8 Å². The minimum atomic E-state index is -5.42. The average Bonchev–Trinajstić information content (AvgIpc) is 3.28. The first-order valence-electron chi connectivity index (χ1n) is 10.7. The van der Waals surface area contributed by atoms with Crippen LogP contribution in [0.1, 0.15) is 39.5 Å². The number of hydrogen-bond donors (Lipinski definition) is 1. The molecule has 186 valence electrons. The highest BCUT2D eigenvalue weighted by Crippen LogP contribution is 2.52. The first kappa shape index (κ1) is 25.2. The summed E-state index contributed by atoms with van der Waals surface area (Å²) >= 11 is 5.77. The van der Waals surface area contributed by atoms with Crippen molar-refractivity contribution in [1.29, 1.82) is 0 Å². The number of rotatable bonds is 5. The Labute approximate surface area is 200 Å². The molecule has 4 rings (SSSR count). The van der Waals surface area contributed by atoms with Crippen molar-refractivity contribution >= 4 is 33.3 Å². The molecule has 7 nitrogen and oxygen atoms in total. The van der Waals surface area contributed by atoms with Gasteiger partial charge in [0.1, 0.15) is 0 Å². The largest absolute Gasteiger partial charge is 0.421 e. The maximum atomic E-state index is 14.8. The van der Waals surface area contributed by atoms with E-state index in [1.807, 2.05) is 0 Å². The van der Waals surface area contributed by atoms with Crippen LogP contribution >= 0.6 is 11.6 Å². The number of carbonyl (C=O) groups excluding carboxylic acids is 2. The second-order valence-electron chi connectivity index (χ2n) is 9.62. The third-order valence-electron chi connectivity index (χ3n) is 6.37. The van der Waals surface area contributed by atoms with E-state index in [1.165, 1.54) is 12.1 Å². The van der Waals surface area contributed by atoms with Crippen LogP contribution in [-0.4, -0.2) is 56.0 Å². The fourth-order valence-electron chi connectivity index (χ4n) is 4.85. The van der Waals surface area contributed by atoms with Crippen molar-refractivity contribution in [2.24, 2.45) is 5.41 Å². The lowest BCUT2D eigenvalue weighted by molar-refractivity contribution is -0.189. The standard InChI is InChI=1S/C22H24ClF3N2O5S/c1-20(2)10-16-18(17(29)11-20)21(22(24,25)26,19(30)28(16)12-14-4-3-9-33-14)27-34(31,32)15-7-5-13(23)6-8-15/h5-8,14,27H,3-4,9-12H2,1-2H3/t14-,21+/m0/s1. The number of amides is 1. The van der Waals surface area contributed by atoms with Crippen molar-refractivity contribution in [2.45, 2.75) is 62.2 Å². The number of Topliss-reactive ketones (excluding diaryl/α,β-unsaturated/α-hetero) is 1. The maximum Gasteiger partial charge on any atom is 0.421 e. The fraction of sp³-hybridized carbons (Fsp3) is 0.545. The van der Waals surface area contributed by atoms with Gasteiger partial charge in [-0.05, 0) is 48.9 Å². The zero-order chi connectivity index (χ0) is 25.1. The second kappa shape index (κ2) is 8.32. The van der Waals surface area contributed by atoms with E-state index in [2.05, 4.69) is 0 Å². The summed E-state index contributed by atoms with van der Waals surface area (Å²) in [4.78, 5) is 27.1. The van der Waals surface area contributed by atoms with E-state index in [-0.39, 0.29) is 30.1 Å². The number of halogens is 4. The van der Waals surface area contributed by atoms with Crippen LogP contribution in [0.3, 0.4) is 0 Å². The van der Waals surface area contributed by atoms with Crippen molar-refractivity contribution in [2.75, 3.05) is 13.2 Å². The van der Waals surface area contributed by atoms with Gasteiger partial charge >= 0.3 is 6.18 Å². The van der Waals surface area contributed by atoms with E-state index >= 15 is 0 Å². The van der Waals surface area contributed by atoms with Crippen molar-refractivity contribution in [3.05, 3.63) is 40.6 Å². The van der Waals surface area contributed by atoms with Crippen molar-refractivity contribution in [3.8, 4) is 0 Å². The number of sulfonamides is 1. The molecular formula is C22H24ClF3N2O5S. The highest BCUT2D eigenvalue weighted by molar-refractivity contribution is 7.89. The molecule has 1 amide bonds. The van der Waals surface area contributed by atoms with E-state index in [9.17, 15) is 31.2 Å². The molecule has 0 spiro atoms. The fourth-order valence-corrected chi connectivity index (χ4v) is 6.30. The average molecular weight is 521 g/mol. The molecule has 2 atom stereocenters. The molecule has 2 aliphatic heterocycles. The number of hydrogen-bond acceptors (Lipinski definition) is 5. The monoisotopic (exact) mass is 520 g/mol.